The molecule has 6 heteroatoms. The van der Waals surface area contributed by atoms with Crippen molar-refractivity contribution in [2.75, 3.05) is 24.5 Å². The van der Waals surface area contributed by atoms with Gasteiger partial charge in [-0.05, 0) is 41.3 Å². The van der Waals surface area contributed by atoms with Crippen LogP contribution in [-0.4, -0.2) is 35.6 Å². The van der Waals surface area contributed by atoms with Crippen molar-refractivity contribution >= 4 is 11.5 Å². The zero-order valence-corrected chi connectivity index (χ0v) is 10.1. The first kappa shape index (κ1) is 11.4. The lowest BCUT2D eigenvalue weighted by Crippen LogP contribution is -2.40. The molecule has 0 spiro atoms. The minimum Gasteiger partial charge on any atom is -0.367 e. The highest BCUT2D eigenvalue weighted by Crippen LogP contribution is 2.29. The standard InChI is InChI=1S/C12H16N4O2/c17-16(18)12-4-3-10(6-14-12)15-7-9-2-1-5-13-11(9)8-15/h3-4,6,9,11,13H,1-2,5,7-8H2. The predicted molar refractivity (Wildman–Crippen MR) is 67.6 cm³/mol. The van der Waals surface area contributed by atoms with E-state index < -0.39 is 4.92 Å². The molecule has 0 radical (unpaired) electrons. The third kappa shape index (κ3) is 2.03. The molecule has 2 aliphatic rings. The second kappa shape index (κ2) is 4.53. The Kier molecular flexibility index (Phi) is 2.87. The molecule has 0 bridgehead atoms. The summed E-state index contributed by atoms with van der Waals surface area (Å²) in [5, 5.41) is 14.1. The molecule has 2 fully saturated rings. The van der Waals surface area contributed by atoms with Crippen molar-refractivity contribution in [3.05, 3.63) is 28.4 Å². The summed E-state index contributed by atoms with van der Waals surface area (Å²) in [5.74, 6) is 0.613. The smallest absolute Gasteiger partial charge is 0.363 e. The zero-order valence-electron chi connectivity index (χ0n) is 10.1. The number of nitrogens with one attached hydrogen (secondary N) is 1. The van der Waals surface area contributed by atoms with Crippen LogP contribution in [0, 0.1) is 16.0 Å². The molecule has 1 aromatic rings. The highest BCUT2D eigenvalue weighted by atomic mass is 16.6. The summed E-state index contributed by atoms with van der Waals surface area (Å²) in [7, 11) is 0. The summed E-state index contributed by atoms with van der Waals surface area (Å²) in [4.78, 5) is 16.2. The Bertz CT molecular complexity index is 434. The molecular formula is C12H16N4O2. The van der Waals surface area contributed by atoms with Crippen molar-refractivity contribution in [3.8, 4) is 0 Å². The summed E-state index contributed by atoms with van der Waals surface area (Å²) in [6.07, 6.45) is 4.12. The molecular weight excluding hydrogens is 232 g/mol. The van der Waals surface area contributed by atoms with Gasteiger partial charge in [0.1, 0.15) is 0 Å². The van der Waals surface area contributed by atoms with Gasteiger partial charge in [0.05, 0.1) is 5.69 Å². The number of nitrogens with zero attached hydrogens (tertiary/aromatic N) is 3. The van der Waals surface area contributed by atoms with Gasteiger partial charge in [0, 0.05) is 25.2 Å². The number of hydrogen-bond acceptors (Lipinski definition) is 5. The Balaban J connectivity index is 1.73. The number of piperidine rings is 1. The molecule has 0 aliphatic carbocycles. The van der Waals surface area contributed by atoms with Crippen LogP contribution in [0.25, 0.3) is 0 Å². The van der Waals surface area contributed by atoms with Crippen molar-refractivity contribution in [1.29, 1.82) is 0 Å². The van der Waals surface area contributed by atoms with Gasteiger partial charge in [-0.15, -0.1) is 0 Å². The molecule has 1 N–H and O–H groups in total. The highest BCUT2D eigenvalue weighted by molar-refractivity contribution is 5.48. The van der Waals surface area contributed by atoms with Crippen molar-refractivity contribution in [3.63, 3.8) is 0 Å². The Morgan fingerprint density at radius 3 is 3.00 bits per heavy atom. The van der Waals surface area contributed by atoms with Gasteiger partial charge < -0.3 is 20.3 Å². The van der Waals surface area contributed by atoms with Gasteiger partial charge >= 0.3 is 5.82 Å². The van der Waals surface area contributed by atoms with Gasteiger partial charge in [0.25, 0.3) is 0 Å². The quantitative estimate of drug-likeness (QED) is 0.628. The van der Waals surface area contributed by atoms with Crippen molar-refractivity contribution in [1.82, 2.24) is 10.3 Å². The average molecular weight is 248 g/mol. The molecule has 0 amide bonds. The first-order valence-electron chi connectivity index (χ1n) is 6.33. The molecule has 18 heavy (non-hydrogen) atoms. The summed E-state index contributed by atoms with van der Waals surface area (Å²) in [6.45, 7) is 3.11. The van der Waals surface area contributed by atoms with E-state index in [-0.39, 0.29) is 5.82 Å². The Labute approximate surface area is 105 Å². The monoisotopic (exact) mass is 248 g/mol. The summed E-state index contributed by atoms with van der Waals surface area (Å²) in [6, 6.07) is 3.83. The molecule has 2 unspecified atom stereocenters. The van der Waals surface area contributed by atoms with Gasteiger partial charge in [0.15, 0.2) is 6.20 Å². The van der Waals surface area contributed by atoms with E-state index in [4.69, 9.17) is 0 Å². The van der Waals surface area contributed by atoms with Crippen molar-refractivity contribution < 1.29 is 4.92 Å². The number of fused-ring (bicyclic) bond motifs is 1. The molecule has 1 aromatic heterocycles. The maximum Gasteiger partial charge on any atom is 0.363 e. The Morgan fingerprint density at radius 2 is 2.33 bits per heavy atom. The van der Waals surface area contributed by atoms with E-state index in [2.05, 4.69) is 15.2 Å². The molecule has 96 valence electrons. The van der Waals surface area contributed by atoms with Crippen LogP contribution in [0.3, 0.4) is 0 Å². The molecule has 0 aromatic carbocycles. The lowest BCUT2D eigenvalue weighted by atomic mass is 9.94. The van der Waals surface area contributed by atoms with E-state index in [1.54, 1.807) is 12.3 Å². The van der Waals surface area contributed by atoms with Crippen LogP contribution < -0.4 is 10.2 Å². The number of aromatic nitrogens is 1. The van der Waals surface area contributed by atoms with Crippen LogP contribution in [0.2, 0.25) is 0 Å². The van der Waals surface area contributed by atoms with Crippen LogP contribution in [0.15, 0.2) is 18.3 Å². The topological polar surface area (TPSA) is 71.3 Å². The molecule has 2 saturated heterocycles. The summed E-state index contributed by atoms with van der Waals surface area (Å²) in [5.41, 5.74) is 0.983. The molecule has 0 saturated carbocycles. The average Bonchev–Trinajstić information content (AvgIpc) is 2.82. The fourth-order valence-electron chi connectivity index (χ4n) is 2.93. The van der Waals surface area contributed by atoms with E-state index in [1.807, 2.05) is 0 Å². The Morgan fingerprint density at radius 1 is 1.44 bits per heavy atom. The fourth-order valence-corrected chi connectivity index (χ4v) is 2.93. The number of anilines is 1. The second-order valence-corrected chi connectivity index (χ2v) is 5.00. The van der Waals surface area contributed by atoms with Gasteiger partial charge in [-0.1, -0.05) is 0 Å². The van der Waals surface area contributed by atoms with Crippen molar-refractivity contribution in [2.45, 2.75) is 18.9 Å². The summed E-state index contributed by atoms with van der Waals surface area (Å²) >= 11 is 0. The van der Waals surface area contributed by atoms with E-state index >= 15 is 0 Å². The van der Waals surface area contributed by atoms with Crippen LogP contribution in [-0.2, 0) is 0 Å². The van der Waals surface area contributed by atoms with E-state index in [1.165, 1.54) is 18.9 Å². The second-order valence-electron chi connectivity index (χ2n) is 5.00. The zero-order chi connectivity index (χ0) is 12.5. The number of nitro groups is 1. The molecule has 6 nitrogen and oxygen atoms in total. The minimum atomic E-state index is -0.463. The predicted octanol–water partition coefficient (Wildman–Crippen LogP) is 1.18. The van der Waals surface area contributed by atoms with Gasteiger partial charge in [-0.25, -0.2) is 0 Å². The molecule has 3 heterocycles. The minimum absolute atomic E-state index is 0.0894. The lowest BCUT2D eigenvalue weighted by molar-refractivity contribution is -0.389. The SMILES string of the molecule is O=[N+]([O-])c1ccc(N2CC3CCCNC3C2)cn1. The van der Waals surface area contributed by atoms with Gasteiger partial charge in [0.2, 0.25) is 0 Å². The van der Waals surface area contributed by atoms with Crippen LogP contribution in [0.4, 0.5) is 11.5 Å². The number of rotatable bonds is 2. The molecule has 2 atom stereocenters. The number of pyridine rings is 1. The van der Waals surface area contributed by atoms with Crippen LogP contribution >= 0.6 is 0 Å². The normalized spacial score (nSPS) is 27.0. The molecule has 3 rings (SSSR count). The fraction of sp³-hybridized carbons (Fsp3) is 0.583. The first-order valence-corrected chi connectivity index (χ1v) is 6.33. The van der Waals surface area contributed by atoms with Gasteiger partial charge in [-0.2, -0.15) is 0 Å². The maximum atomic E-state index is 10.6. The third-order valence-corrected chi connectivity index (χ3v) is 3.88. The van der Waals surface area contributed by atoms with Crippen LogP contribution in [0.1, 0.15) is 12.8 Å². The lowest BCUT2D eigenvalue weighted by Gasteiger charge is -2.24. The maximum absolute atomic E-state index is 10.6. The van der Waals surface area contributed by atoms with Crippen molar-refractivity contribution in [2.24, 2.45) is 5.92 Å². The van der Waals surface area contributed by atoms with E-state index in [9.17, 15) is 10.1 Å². The first-order chi connectivity index (χ1) is 8.74. The highest BCUT2D eigenvalue weighted by Gasteiger charge is 2.34. The summed E-state index contributed by atoms with van der Waals surface area (Å²) < 4.78 is 0. The van der Waals surface area contributed by atoms with E-state index in [0.717, 1.165) is 25.3 Å². The third-order valence-electron chi connectivity index (χ3n) is 3.88. The van der Waals surface area contributed by atoms with E-state index in [0.29, 0.717) is 12.0 Å². The largest absolute Gasteiger partial charge is 0.367 e. The Hall–Kier alpha value is -1.69. The number of hydrogen-bond donors (Lipinski definition) is 1. The van der Waals surface area contributed by atoms with Crippen LogP contribution in [0.5, 0.6) is 0 Å². The van der Waals surface area contributed by atoms with Gasteiger partial charge in [-0.3, -0.25) is 0 Å². The molecule has 2 aliphatic heterocycles.